The van der Waals surface area contributed by atoms with Crippen LogP contribution >= 0.6 is 0 Å². The van der Waals surface area contributed by atoms with E-state index >= 15 is 0 Å². The predicted octanol–water partition coefficient (Wildman–Crippen LogP) is 1.35. The van der Waals surface area contributed by atoms with Crippen LogP contribution in [0, 0.1) is 0 Å². The molecule has 1 N–H and O–H groups in total. The molecule has 1 aliphatic heterocycles. The van der Waals surface area contributed by atoms with Crippen molar-refractivity contribution in [1.29, 1.82) is 0 Å². The molecule has 1 saturated heterocycles. The third-order valence-corrected chi connectivity index (χ3v) is 3.56. The van der Waals surface area contributed by atoms with Gasteiger partial charge in [0.2, 0.25) is 5.91 Å². The van der Waals surface area contributed by atoms with Gasteiger partial charge >= 0.3 is 0 Å². The molecule has 1 amide bonds. The van der Waals surface area contributed by atoms with Crippen molar-refractivity contribution in [3.63, 3.8) is 0 Å². The van der Waals surface area contributed by atoms with Crippen molar-refractivity contribution in [2.45, 2.75) is 19.4 Å². The number of amides is 1. The lowest BCUT2D eigenvalue weighted by Gasteiger charge is -2.33. The van der Waals surface area contributed by atoms with Crippen LogP contribution in [-0.2, 0) is 16.0 Å². The molecule has 19 heavy (non-hydrogen) atoms. The highest BCUT2D eigenvalue weighted by Crippen LogP contribution is 2.17. The van der Waals surface area contributed by atoms with Crippen molar-refractivity contribution in [3.05, 3.63) is 30.0 Å². The Morgan fingerprint density at radius 1 is 1.53 bits per heavy atom. The summed E-state index contributed by atoms with van der Waals surface area (Å²) in [5.41, 5.74) is 1.79. The summed E-state index contributed by atoms with van der Waals surface area (Å²) in [5.74, 6) is 0.130. The van der Waals surface area contributed by atoms with Crippen molar-refractivity contribution >= 4 is 16.8 Å². The van der Waals surface area contributed by atoms with E-state index in [2.05, 4.69) is 10.2 Å². The summed E-state index contributed by atoms with van der Waals surface area (Å²) in [6, 6.07) is 7.99. The summed E-state index contributed by atoms with van der Waals surface area (Å²) >= 11 is 0. The molecule has 2 aromatic rings. The second kappa shape index (κ2) is 5.01. The highest BCUT2D eigenvalue weighted by atomic mass is 16.5. The van der Waals surface area contributed by atoms with Crippen LogP contribution in [0.25, 0.3) is 10.9 Å². The lowest BCUT2D eigenvalue weighted by molar-refractivity contribution is -0.138. The molecule has 0 saturated carbocycles. The van der Waals surface area contributed by atoms with Crippen LogP contribution in [0.3, 0.4) is 0 Å². The number of fused-ring (bicyclic) bond motifs is 1. The van der Waals surface area contributed by atoms with Crippen LogP contribution in [0.2, 0.25) is 0 Å². The molecule has 0 bridgehead atoms. The van der Waals surface area contributed by atoms with E-state index in [-0.39, 0.29) is 11.9 Å². The van der Waals surface area contributed by atoms with E-state index < -0.39 is 0 Å². The third-order valence-electron chi connectivity index (χ3n) is 3.56. The number of carbonyl (C=O) groups is 1. The number of rotatable bonds is 2. The van der Waals surface area contributed by atoms with Gasteiger partial charge in [-0.05, 0) is 13.0 Å². The largest absolute Gasteiger partial charge is 0.377 e. The first-order chi connectivity index (χ1) is 9.25. The number of morpholine rings is 1. The molecule has 0 spiro atoms. The maximum Gasteiger partial charge on any atom is 0.228 e. The number of ether oxygens (including phenoxy) is 1. The van der Waals surface area contributed by atoms with Gasteiger partial charge in [-0.3, -0.25) is 9.89 Å². The molecule has 1 aliphatic rings. The zero-order valence-corrected chi connectivity index (χ0v) is 10.9. The third kappa shape index (κ3) is 2.33. The number of carbonyl (C=O) groups excluding carboxylic acids is 1. The standard InChI is InChI=1S/C14H17N3O2/c1-10-9-19-7-6-17(10)14(18)8-13-11-4-2-3-5-12(11)15-16-13/h2-5,10H,6-9H2,1H3,(H,15,16). The summed E-state index contributed by atoms with van der Waals surface area (Å²) in [5, 5.41) is 8.21. The van der Waals surface area contributed by atoms with Crippen LogP contribution in [0.15, 0.2) is 24.3 Å². The topological polar surface area (TPSA) is 58.2 Å². The van der Waals surface area contributed by atoms with Gasteiger partial charge in [-0.15, -0.1) is 0 Å². The number of hydrogen-bond acceptors (Lipinski definition) is 3. The van der Waals surface area contributed by atoms with Crippen LogP contribution in [0.5, 0.6) is 0 Å². The van der Waals surface area contributed by atoms with Gasteiger partial charge in [0.25, 0.3) is 0 Å². The lowest BCUT2D eigenvalue weighted by Crippen LogP contribution is -2.47. The van der Waals surface area contributed by atoms with Crippen LogP contribution in [0.4, 0.5) is 0 Å². The van der Waals surface area contributed by atoms with E-state index in [1.165, 1.54) is 0 Å². The highest BCUT2D eigenvalue weighted by molar-refractivity contribution is 5.87. The summed E-state index contributed by atoms with van der Waals surface area (Å²) < 4.78 is 5.35. The lowest BCUT2D eigenvalue weighted by atomic mass is 10.1. The fourth-order valence-corrected chi connectivity index (χ4v) is 2.50. The zero-order chi connectivity index (χ0) is 13.2. The van der Waals surface area contributed by atoms with Gasteiger partial charge < -0.3 is 9.64 Å². The average molecular weight is 259 g/mol. The van der Waals surface area contributed by atoms with Crippen molar-refractivity contribution in [1.82, 2.24) is 15.1 Å². The molecule has 1 aromatic heterocycles. The summed E-state index contributed by atoms with van der Waals surface area (Å²) in [6.45, 7) is 3.93. The maximum atomic E-state index is 12.3. The van der Waals surface area contributed by atoms with Gasteiger partial charge in [0.15, 0.2) is 0 Å². The molecule has 1 aromatic carbocycles. The smallest absolute Gasteiger partial charge is 0.228 e. The van der Waals surface area contributed by atoms with E-state index in [1.807, 2.05) is 36.1 Å². The van der Waals surface area contributed by atoms with Gasteiger partial charge in [0.1, 0.15) is 0 Å². The Labute approximate surface area is 111 Å². The number of nitrogens with zero attached hydrogens (tertiary/aromatic N) is 2. The molecule has 1 atom stereocenters. The Bertz CT molecular complexity index is 593. The van der Waals surface area contributed by atoms with Crippen LogP contribution < -0.4 is 0 Å². The molecule has 100 valence electrons. The molecule has 1 unspecified atom stereocenters. The van der Waals surface area contributed by atoms with Gasteiger partial charge in [0, 0.05) is 11.9 Å². The first-order valence-electron chi connectivity index (χ1n) is 6.55. The minimum atomic E-state index is 0.130. The quantitative estimate of drug-likeness (QED) is 0.885. The Hall–Kier alpha value is -1.88. The van der Waals surface area contributed by atoms with E-state index in [1.54, 1.807) is 0 Å². The number of benzene rings is 1. The molecule has 2 heterocycles. The first kappa shape index (κ1) is 12.2. The molecule has 0 aliphatic carbocycles. The number of nitrogens with one attached hydrogen (secondary N) is 1. The minimum absolute atomic E-state index is 0.130. The maximum absolute atomic E-state index is 12.3. The Balaban J connectivity index is 1.79. The van der Waals surface area contributed by atoms with Crippen LogP contribution in [0.1, 0.15) is 12.6 Å². The monoisotopic (exact) mass is 259 g/mol. The van der Waals surface area contributed by atoms with E-state index in [9.17, 15) is 4.79 Å². The Kier molecular flexibility index (Phi) is 3.21. The van der Waals surface area contributed by atoms with Gasteiger partial charge in [0.05, 0.1) is 36.9 Å². The molecular formula is C14H17N3O2. The SMILES string of the molecule is CC1COCCN1C(=O)Cc1[nH]nc2ccccc12. The van der Waals surface area contributed by atoms with Gasteiger partial charge in [-0.1, -0.05) is 18.2 Å². The van der Waals surface area contributed by atoms with Crippen molar-refractivity contribution < 1.29 is 9.53 Å². The number of para-hydroxylation sites is 1. The number of H-pyrrole nitrogens is 1. The number of hydrogen-bond donors (Lipinski definition) is 1. The molecule has 0 radical (unpaired) electrons. The van der Waals surface area contributed by atoms with Crippen LogP contribution in [-0.4, -0.2) is 46.8 Å². The molecule has 1 fully saturated rings. The Morgan fingerprint density at radius 3 is 3.21 bits per heavy atom. The van der Waals surface area contributed by atoms with E-state index in [0.717, 1.165) is 16.6 Å². The average Bonchev–Trinajstić information content (AvgIpc) is 2.83. The second-order valence-corrected chi connectivity index (χ2v) is 4.91. The predicted molar refractivity (Wildman–Crippen MR) is 71.8 cm³/mol. The first-order valence-corrected chi connectivity index (χ1v) is 6.55. The molecule has 5 heteroatoms. The summed E-state index contributed by atoms with van der Waals surface area (Å²) in [6.07, 6.45) is 0.366. The molecular weight excluding hydrogens is 242 g/mol. The van der Waals surface area contributed by atoms with Crippen molar-refractivity contribution in [2.24, 2.45) is 0 Å². The Morgan fingerprint density at radius 2 is 2.37 bits per heavy atom. The summed E-state index contributed by atoms with van der Waals surface area (Å²) in [7, 11) is 0. The second-order valence-electron chi connectivity index (χ2n) is 4.91. The van der Waals surface area contributed by atoms with E-state index in [0.29, 0.717) is 26.2 Å². The van der Waals surface area contributed by atoms with Gasteiger partial charge in [-0.25, -0.2) is 0 Å². The van der Waals surface area contributed by atoms with Crippen molar-refractivity contribution in [3.8, 4) is 0 Å². The minimum Gasteiger partial charge on any atom is -0.377 e. The van der Waals surface area contributed by atoms with Crippen molar-refractivity contribution in [2.75, 3.05) is 19.8 Å². The fraction of sp³-hybridized carbons (Fsp3) is 0.429. The summed E-state index contributed by atoms with van der Waals surface area (Å²) in [4.78, 5) is 14.2. The van der Waals surface area contributed by atoms with Gasteiger partial charge in [-0.2, -0.15) is 5.10 Å². The highest BCUT2D eigenvalue weighted by Gasteiger charge is 2.24. The molecule has 5 nitrogen and oxygen atoms in total. The zero-order valence-electron chi connectivity index (χ0n) is 10.9. The normalized spacial score (nSPS) is 19.8. The van der Waals surface area contributed by atoms with E-state index in [4.69, 9.17) is 4.74 Å². The fourth-order valence-electron chi connectivity index (χ4n) is 2.50. The number of aromatic amines is 1. The number of aromatic nitrogens is 2. The molecule has 3 rings (SSSR count).